The van der Waals surface area contributed by atoms with Gasteiger partial charge in [0.25, 0.3) is 0 Å². The average Bonchev–Trinajstić information content (AvgIpc) is 2.54. The Bertz CT molecular complexity index is 497. The maximum atomic E-state index is 10.1. The van der Waals surface area contributed by atoms with Crippen LogP contribution in [-0.4, -0.2) is 11.3 Å². The first kappa shape index (κ1) is 8.69. The van der Waals surface area contributed by atoms with E-state index in [1.54, 1.807) is 13.0 Å². The van der Waals surface area contributed by atoms with E-state index < -0.39 is 0 Å². The number of hydrogen-bond acceptors (Lipinski definition) is 3. The third kappa shape index (κ3) is 1.57. The second-order valence-corrected chi connectivity index (χ2v) is 2.96. The molecule has 2 aromatic rings. The summed E-state index contributed by atoms with van der Waals surface area (Å²) in [5.41, 5.74) is 2.52. The second kappa shape index (κ2) is 3.46. The van der Waals surface area contributed by atoms with Gasteiger partial charge in [-0.25, -0.2) is 4.98 Å². The second-order valence-electron chi connectivity index (χ2n) is 2.96. The Morgan fingerprint density at radius 1 is 1.43 bits per heavy atom. The summed E-state index contributed by atoms with van der Waals surface area (Å²) in [6.45, 7) is 1.81. The van der Waals surface area contributed by atoms with Crippen molar-refractivity contribution in [3.63, 3.8) is 0 Å². The summed E-state index contributed by atoms with van der Waals surface area (Å²) < 4.78 is 5.36. The summed E-state index contributed by atoms with van der Waals surface area (Å²) in [6.07, 6.45) is 3.92. The molecule has 0 fully saturated rings. The number of aryl methyl sites for hydroxylation is 1. The fourth-order valence-electron chi connectivity index (χ4n) is 1.31. The minimum Gasteiger partial charge on any atom is -0.441 e. The molecule has 0 atom stereocenters. The van der Waals surface area contributed by atoms with E-state index in [2.05, 4.69) is 4.98 Å². The van der Waals surface area contributed by atoms with E-state index in [9.17, 15) is 4.79 Å². The molecular weight excluding hydrogens is 178 g/mol. The van der Waals surface area contributed by atoms with Gasteiger partial charge < -0.3 is 4.42 Å². The van der Waals surface area contributed by atoms with E-state index in [0.717, 1.165) is 22.9 Å². The monoisotopic (exact) mass is 187 g/mol. The van der Waals surface area contributed by atoms with Crippen LogP contribution in [0.4, 0.5) is 0 Å². The fourth-order valence-corrected chi connectivity index (χ4v) is 1.31. The number of nitrogens with zero attached hydrogens (tertiary/aromatic N) is 1. The number of carbonyl (C=O) groups is 1. The van der Waals surface area contributed by atoms with Gasteiger partial charge in [0, 0.05) is 6.92 Å². The van der Waals surface area contributed by atoms with Crippen LogP contribution in [0, 0.1) is 6.92 Å². The van der Waals surface area contributed by atoms with Gasteiger partial charge in [-0.15, -0.1) is 0 Å². The molecule has 70 valence electrons. The molecule has 2 rings (SSSR count). The van der Waals surface area contributed by atoms with Gasteiger partial charge in [-0.05, 0) is 23.8 Å². The number of aromatic nitrogens is 1. The first-order valence-corrected chi connectivity index (χ1v) is 4.28. The van der Waals surface area contributed by atoms with Crippen molar-refractivity contribution in [1.29, 1.82) is 0 Å². The molecule has 1 aromatic heterocycles. The lowest BCUT2D eigenvalue weighted by Crippen LogP contribution is -1.72. The van der Waals surface area contributed by atoms with Crippen LogP contribution in [0.3, 0.4) is 0 Å². The minimum atomic E-state index is 0.650. The summed E-state index contributed by atoms with van der Waals surface area (Å²) in [5.74, 6) is 0.650. The number of rotatable bonds is 2. The molecule has 0 amide bonds. The standard InChI is InChI=1S/C11H9NO2/c1-8-12-10-5-4-9(3-2-6-13)7-11(10)14-8/h2-7H,1H3. The summed E-state index contributed by atoms with van der Waals surface area (Å²) >= 11 is 0. The van der Waals surface area contributed by atoms with Crippen molar-refractivity contribution in [1.82, 2.24) is 4.98 Å². The summed E-state index contributed by atoms with van der Waals surface area (Å²) in [5, 5.41) is 0. The van der Waals surface area contributed by atoms with Crippen molar-refractivity contribution in [3.05, 3.63) is 35.7 Å². The van der Waals surface area contributed by atoms with Gasteiger partial charge in [-0.1, -0.05) is 12.1 Å². The quantitative estimate of drug-likeness (QED) is 0.535. The normalized spacial score (nSPS) is 11.2. The number of aldehydes is 1. The zero-order chi connectivity index (χ0) is 9.97. The van der Waals surface area contributed by atoms with Crippen molar-refractivity contribution >= 4 is 23.5 Å². The Balaban J connectivity index is 2.50. The fraction of sp³-hybridized carbons (Fsp3) is 0.0909. The molecule has 0 saturated heterocycles. The molecule has 0 aliphatic heterocycles. The predicted molar refractivity (Wildman–Crippen MR) is 53.8 cm³/mol. The van der Waals surface area contributed by atoms with Crippen LogP contribution in [-0.2, 0) is 4.79 Å². The lowest BCUT2D eigenvalue weighted by Gasteiger charge is -1.90. The Labute approximate surface area is 81.1 Å². The molecule has 0 aliphatic carbocycles. The molecule has 0 aliphatic rings. The highest BCUT2D eigenvalue weighted by atomic mass is 16.3. The van der Waals surface area contributed by atoms with Crippen LogP contribution >= 0.6 is 0 Å². The molecule has 0 N–H and O–H groups in total. The Hall–Kier alpha value is -1.90. The zero-order valence-electron chi connectivity index (χ0n) is 7.73. The van der Waals surface area contributed by atoms with E-state index in [-0.39, 0.29) is 0 Å². The minimum absolute atomic E-state index is 0.650. The molecule has 1 aromatic carbocycles. The van der Waals surface area contributed by atoms with Gasteiger partial charge in [0.2, 0.25) is 0 Å². The highest BCUT2D eigenvalue weighted by Crippen LogP contribution is 2.17. The van der Waals surface area contributed by atoms with E-state index in [0.29, 0.717) is 5.89 Å². The molecule has 14 heavy (non-hydrogen) atoms. The molecule has 0 bridgehead atoms. The van der Waals surface area contributed by atoms with Crippen LogP contribution in [0.2, 0.25) is 0 Å². The summed E-state index contributed by atoms with van der Waals surface area (Å²) in [6, 6.07) is 5.62. The van der Waals surface area contributed by atoms with Crippen LogP contribution in [0.5, 0.6) is 0 Å². The predicted octanol–water partition coefficient (Wildman–Crippen LogP) is 2.35. The van der Waals surface area contributed by atoms with Crippen LogP contribution in [0.25, 0.3) is 17.2 Å². The number of fused-ring (bicyclic) bond motifs is 1. The van der Waals surface area contributed by atoms with Gasteiger partial charge in [0.1, 0.15) is 11.8 Å². The van der Waals surface area contributed by atoms with Gasteiger partial charge in [0.05, 0.1) is 0 Å². The summed E-state index contributed by atoms with van der Waals surface area (Å²) in [7, 11) is 0. The Kier molecular flexibility index (Phi) is 2.14. The number of allylic oxidation sites excluding steroid dienone is 1. The highest BCUT2D eigenvalue weighted by Gasteiger charge is 2.00. The molecule has 3 nitrogen and oxygen atoms in total. The molecule has 1 heterocycles. The van der Waals surface area contributed by atoms with Crippen molar-refractivity contribution in [2.45, 2.75) is 6.92 Å². The van der Waals surface area contributed by atoms with Crippen molar-refractivity contribution < 1.29 is 9.21 Å². The smallest absolute Gasteiger partial charge is 0.192 e. The topological polar surface area (TPSA) is 43.1 Å². The Morgan fingerprint density at radius 3 is 3.07 bits per heavy atom. The van der Waals surface area contributed by atoms with Crippen LogP contribution in [0.15, 0.2) is 28.7 Å². The third-order valence-electron chi connectivity index (χ3n) is 1.89. The maximum absolute atomic E-state index is 10.1. The van der Waals surface area contributed by atoms with Crippen molar-refractivity contribution in [2.24, 2.45) is 0 Å². The largest absolute Gasteiger partial charge is 0.441 e. The van der Waals surface area contributed by atoms with Crippen molar-refractivity contribution in [3.8, 4) is 0 Å². The zero-order valence-corrected chi connectivity index (χ0v) is 7.73. The highest BCUT2D eigenvalue weighted by molar-refractivity contribution is 5.79. The number of hydrogen-bond donors (Lipinski definition) is 0. The van der Waals surface area contributed by atoms with Gasteiger partial charge in [0.15, 0.2) is 11.5 Å². The van der Waals surface area contributed by atoms with Crippen LogP contribution < -0.4 is 0 Å². The van der Waals surface area contributed by atoms with Crippen molar-refractivity contribution in [2.75, 3.05) is 0 Å². The number of carbonyl (C=O) groups excluding carboxylic acids is 1. The van der Waals surface area contributed by atoms with Gasteiger partial charge in [-0.2, -0.15) is 0 Å². The molecule has 0 spiro atoms. The SMILES string of the molecule is Cc1nc2ccc(C=CC=O)cc2o1. The van der Waals surface area contributed by atoms with Gasteiger partial charge in [-0.3, -0.25) is 4.79 Å². The lowest BCUT2D eigenvalue weighted by atomic mass is 10.2. The third-order valence-corrected chi connectivity index (χ3v) is 1.89. The number of oxazole rings is 1. The number of benzene rings is 1. The Morgan fingerprint density at radius 2 is 2.29 bits per heavy atom. The molecule has 0 unspecified atom stereocenters. The maximum Gasteiger partial charge on any atom is 0.192 e. The van der Waals surface area contributed by atoms with Crippen LogP contribution in [0.1, 0.15) is 11.5 Å². The molecule has 3 heteroatoms. The van der Waals surface area contributed by atoms with E-state index >= 15 is 0 Å². The molecule has 0 saturated carbocycles. The lowest BCUT2D eigenvalue weighted by molar-refractivity contribution is -0.104. The first-order valence-electron chi connectivity index (χ1n) is 4.28. The molecule has 0 radical (unpaired) electrons. The van der Waals surface area contributed by atoms with E-state index in [4.69, 9.17) is 4.42 Å². The molecular formula is C11H9NO2. The van der Waals surface area contributed by atoms with E-state index in [1.807, 2.05) is 18.2 Å². The summed E-state index contributed by atoms with van der Waals surface area (Å²) in [4.78, 5) is 14.3. The average molecular weight is 187 g/mol. The first-order chi connectivity index (χ1) is 6.79. The van der Waals surface area contributed by atoms with E-state index in [1.165, 1.54) is 6.08 Å². The van der Waals surface area contributed by atoms with Gasteiger partial charge >= 0.3 is 0 Å².